The molecule has 3 aromatic rings. The summed E-state index contributed by atoms with van der Waals surface area (Å²) in [4.78, 5) is 16.3. The molecule has 0 saturated heterocycles. The highest BCUT2D eigenvalue weighted by atomic mass is 32.2. The topological polar surface area (TPSA) is 85.8 Å². The van der Waals surface area contributed by atoms with Crippen molar-refractivity contribution >= 4 is 34.1 Å². The van der Waals surface area contributed by atoms with E-state index in [0.717, 1.165) is 29.5 Å². The van der Waals surface area contributed by atoms with Crippen LogP contribution in [0.3, 0.4) is 0 Å². The number of thioether (sulfide) groups is 1. The van der Waals surface area contributed by atoms with Crippen molar-refractivity contribution in [2.24, 2.45) is 0 Å². The van der Waals surface area contributed by atoms with Crippen LogP contribution in [0.1, 0.15) is 24.6 Å². The first-order valence-electron chi connectivity index (χ1n) is 7.54. The van der Waals surface area contributed by atoms with E-state index in [1.54, 1.807) is 6.26 Å². The molecular formula is C15H15N5O2S2. The number of amides is 1. The minimum absolute atomic E-state index is 0.0979. The molecule has 1 N–H and O–H groups in total. The van der Waals surface area contributed by atoms with Crippen LogP contribution in [0.15, 0.2) is 33.3 Å². The van der Waals surface area contributed by atoms with Gasteiger partial charge in [0.15, 0.2) is 16.0 Å². The zero-order valence-corrected chi connectivity index (χ0v) is 14.6. The highest BCUT2D eigenvalue weighted by Crippen LogP contribution is 2.41. The lowest BCUT2D eigenvalue weighted by Crippen LogP contribution is -2.14. The Kier molecular flexibility index (Phi) is 4.11. The third kappa shape index (κ3) is 3.22. The Labute approximate surface area is 146 Å². The van der Waals surface area contributed by atoms with Crippen molar-refractivity contribution in [2.75, 3.05) is 11.1 Å². The lowest BCUT2D eigenvalue weighted by molar-refractivity contribution is -0.113. The number of furan rings is 1. The van der Waals surface area contributed by atoms with Crippen LogP contribution in [0, 0.1) is 6.92 Å². The minimum atomic E-state index is -0.0979. The second-order valence-corrected chi connectivity index (χ2v) is 7.32. The van der Waals surface area contributed by atoms with E-state index in [2.05, 4.69) is 25.1 Å². The van der Waals surface area contributed by atoms with Gasteiger partial charge in [0, 0.05) is 11.4 Å². The van der Waals surface area contributed by atoms with Crippen molar-refractivity contribution in [3.8, 4) is 11.6 Å². The Morgan fingerprint density at radius 2 is 2.38 bits per heavy atom. The highest BCUT2D eigenvalue weighted by Gasteiger charge is 2.31. The van der Waals surface area contributed by atoms with E-state index in [0.29, 0.717) is 16.9 Å². The fourth-order valence-electron chi connectivity index (χ4n) is 2.31. The third-order valence-electron chi connectivity index (χ3n) is 3.52. The van der Waals surface area contributed by atoms with E-state index in [1.165, 1.54) is 23.1 Å². The number of nitrogens with zero attached hydrogens (tertiary/aromatic N) is 4. The van der Waals surface area contributed by atoms with Crippen molar-refractivity contribution in [1.29, 1.82) is 0 Å². The molecule has 3 aromatic heterocycles. The Balaban J connectivity index is 1.46. The Morgan fingerprint density at radius 3 is 3.04 bits per heavy atom. The predicted molar refractivity (Wildman–Crippen MR) is 92.2 cm³/mol. The van der Waals surface area contributed by atoms with Crippen molar-refractivity contribution < 1.29 is 9.21 Å². The van der Waals surface area contributed by atoms with Gasteiger partial charge in [0.25, 0.3) is 0 Å². The average Bonchev–Trinajstić information content (AvgIpc) is 2.98. The number of thiazole rings is 1. The Hall–Kier alpha value is -2.13. The number of hydrogen-bond donors (Lipinski definition) is 1. The molecule has 0 aliphatic heterocycles. The van der Waals surface area contributed by atoms with Gasteiger partial charge in [-0.05, 0) is 31.9 Å². The number of nitrogens with one attached hydrogen (secondary N) is 1. The number of anilines is 1. The maximum absolute atomic E-state index is 12.1. The van der Waals surface area contributed by atoms with Crippen LogP contribution in [-0.2, 0) is 4.79 Å². The first kappa shape index (κ1) is 15.4. The van der Waals surface area contributed by atoms with Crippen LogP contribution in [0.2, 0.25) is 0 Å². The van der Waals surface area contributed by atoms with Gasteiger partial charge in [-0.2, -0.15) is 0 Å². The number of aryl methyl sites for hydroxylation is 1. The summed E-state index contributed by atoms with van der Waals surface area (Å²) in [7, 11) is 0. The molecule has 0 radical (unpaired) electrons. The van der Waals surface area contributed by atoms with E-state index < -0.39 is 0 Å². The summed E-state index contributed by atoms with van der Waals surface area (Å²) in [6.07, 6.45) is 3.82. The molecule has 24 heavy (non-hydrogen) atoms. The lowest BCUT2D eigenvalue weighted by atomic mass is 10.4. The number of carbonyl (C=O) groups excluding carboxylic acids is 1. The summed E-state index contributed by atoms with van der Waals surface area (Å²) in [5, 5.41) is 14.6. The van der Waals surface area contributed by atoms with E-state index in [4.69, 9.17) is 4.42 Å². The molecule has 7 nitrogen and oxygen atoms in total. The van der Waals surface area contributed by atoms with E-state index >= 15 is 0 Å². The summed E-state index contributed by atoms with van der Waals surface area (Å²) in [5.74, 6) is 1.59. The van der Waals surface area contributed by atoms with Crippen LogP contribution in [0.25, 0.3) is 11.6 Å². The molecule has 0 spiro atoms. The summed E-state index contributed by atoms with van der Waals surface area (Å²) in [5.41, 5.74) is 0.902. The maximum Gasteiger partial charge on any atom is 0.236 e. The van der Waals surface area contributed by atoms with Gasteiger partial charge in [0.05, 0.1) is 17.7 Å². The molecule has 0 unspecified atom stereocenters. The fraction of sp³-hybridized carbons (Fsp3) is 0.333. The highest BCUT2D eigenvalue weighted by molar-refractivity contribution is 7.99. The van der Waals surface area contributed by atoms with E-state index in [1.807, 2.05) is 24.4 Å². The van der Waals surface area contributed by atoms with Gasteiger partial charge in [-0.1, -0.05) is 11.8 Å². The molecule has 1 amide bonds. The van der Waals surface area contributed by atoms with E-state index in [9.17, 15) is 4.79 Å². The quantitative estimate of drug-likeness (QED) is 0.678. The largest absolute Gasteiger partial charge is 0.461 e. The molecule has 9 heteroatoms. The van der Waals surface area contributed by atoms with Gasteiger partial charge < -0.3 is 9.73 Å². The van der Waals surface area contributed by atoms with Gasteiger partial charge in [0.2, 0.25) is 11.7 Å². The first-order chi connectivity index (χ1) is 11.7. The van der Waals surface area contributed by atoms with Crippen LogP contribution in [-0.4, -0.2) is 31.4 Å². The molecule has 1 aliphatic carbocycles. The molecule has 1 saturated carbocycles. The zero-order valence-electron chi connectivity index (χ0n) is 12.9. The minimum Gasteiger partial charge on any atom is -0.461 e. The van der Waals surface area contributed by atoms with Crippen molar-refractivity contribution in [1.82, 2.24) is 19.7 Å². The number of carbonyl (C=O) groups is 1. The number of hydrogen-bond acceptors (Lipinski definition) is 7. The third-order valence-corrected chi connectivity index (χ3v) is 5.33. The summed E-state index contributed by atoms with van der Waals surface area (Å²) >= 11 is 2.80. The molecule has 4 rings (SSSR count). The average molecular weight is 361 g/mol. The summed E-state index contributed by atoms with van der Waals surface area (Å²) < 4.78 is 7.51. The van der Waals surface area contributed by atoms with Crippen molar-refractivity contribution in [2.45, 2.75) is 31.0 Å². The normalized spacial score (nSPS) is 14.0. The van der Waals surface area contributed by atoms with E-state index in [-0.39, 0.29) is 11.7 Å². The molecule has 0 bridgehead atoms. The van der Waals surface area contributed by atoms with Gasteiger partial charge in [0.1, 0.15) is 0 Å². The molecule has 0 atom stereocenters. The van der Waals surface area contributed by atoms with Gasteiger partial charge >= 0.3 is 0 Å². The van der Waals surface area contributed by atoms with Gasteiger partial charge in [-0.15, -0.1) is 21.5 Å². The predicted octanol–water partition coefficient (Wildman–Crippen LogP) is 3.37. The van der Waals surface area contributed by atoms with Crippen LogP contribution >= 0.6 is 23.1 Å². The number of aromatic nitrogens is 4. The summed E-state index contributed by atoms with van der Waals surface area (Å²) in [6, 6.07) is 4.10. The van der Waals surface area contributed by atoms with Gasteiger partial charge in [-0.25, -0.2) is 4.98 Å². The maximum atomic E-state index is 12.1. The van der Waals surface area contributed by atoms with Crippen molar-refractivity contribution in [3.63, 3.8) is 0 Å². The lowest BCUT2D eigenvalue weighted by Gasteiger charge is -2.07. The number of rotatable bonds is 6. The first-order valence-corrected chi connectivity index (χ1v) is 9.41. The molecule has 3 heterocycles. The summed E-state index contributed by atoms with van der Waals surface area (Å²) in [6.45, 7) is 1.90. The van der Waals surface area contributed by atoms with Crippen LogP contribution in [0.5, 0.6) is 0 Å². The Morgan fingerprint density at radius 1 is 1.50 bits per heavy atom. The second kappa shape index (κ2) is 6.40. The van der Waals surface area contributed by atoms with Gasteiger partial charge in [-0.3, -0.25) is 9.36 Å². The van der Waals surface area contributed by atoms with Crippen molar-refractivity contribution in [3.05, 3.63) is 29.5 Å². The molecule has 1 fully saturated rings. The SMILES string of the molecule is Cc1csc(NC(=O)CSc2nnc(-c3ccco3)n2C2CC2)n1. The monoisotopic (exact) mass is 361 g/mol. The molecule has 0 aromatic carbocycles. The van der Waals surface area contributed by atoms with Crippen LogP contribution < -0.4 is 5.32 Å². The zero-order chi connectivity index (χ0) is 16.5. The fourth-order valence-corrected chi connectivity index (χ4v) is 3.82. The smallest absolute Gasteiger partial charge is 0.236 e. The Bertz CT molecular complexity index is 851. The second-order valence-electron chi connectivity index (χ2n) is 5.52. The standard InChI is InChI=1S/C15H15N5O2S2/c1-9-7-23-14(16-9)17-12(21)8-24-15-19-18-13(11-3-2-6-22-11)20(15)10-4-5-10/h2-3,6-7,10H,4-5,8H2,1H3,(H,16,17,21). The van der Waals surface area contributed by atoms with Crippen LogP contribution in [0.4, 0.5) is 5.13 Å². The molecule has 124 valence electrons. The molecule has 1 aliphatic rings. The molecular weight excluding hydrogens is 346 g/mol.